The first kappa shape index (κ1) is 28.4. The summed E-state index contributed by atoms with van der Waals surface area (Å²) in [5.41, 5.74) is 2.12. The Morgan fingerprint density at radius 1 is 0.611 bits per heavy atom. The topological polar surface area (TPSA) is 35.0 Å². The fourth-order valence-corrected chi connectivity index (χ4v) is 5.50. The molecular formula is C32H46N2OS. The number of rotatable bonds is 19. The zero-order valence-corrected chi connectivity index (χ0v) is 23.5. The first-order chi connectivity index (χ1) is 17.8. The number of aromatic nitrogens is 2. The number of unbranched alkanes of at least 4 members (excludes halogenated alkanes) is 12. The molecule has 196 valence electrons. The third kappa shape index (κ3) is 10.4. The number of hydrogen-bond donors (Lipinski definition) is 0. The fraction of sp³-hybridized carbons (Fsp3) is 0.562. The normalized spacial score (nSPS) is 11.2. The Morgan fingerprint density at radius 3 is 1.83 bits per heavy atom. The maximum atomic E-state index is 5.95. The number of aryl methyl sites for hydroxylation is 1. The van der Waals surface area contributed by atoms with Crippen LogP contribution in [-0.4, -0.2) is 16.6 Å². The first-order valence-corrected chi connectivity index (χ1v) is 15.3. The summed E-state index contributed by atoms with van der Waals surface area (Å²) in [6.45, 7) is 5.33. The Hall–Kier alpha value is -2.20. The van der Waals surface area contributed by atoms with Crippen molar-refractivity contribution in [1.82, 2.24) is 9.97 Å². The first-order valence-electron chi connectivity index (χ1n) is 14.4. The van der Waals surface area contributed by atoms with Crippen molar-refractivity contribution in [2.45, 2.75) is 110 Å². The van der Waals surface area contributed by atoms with Crippen LogP contribution >= 0.6 is 11.3 Å². The Bertz CT molecular complexity index is 949. The summed E-state index contributed by atoms with van der Waals surface area (Å²) in [4.78, 5) is 12.0. The molecular weight excluding hydrogens is 460 g/mol. The van der Waals surface area contributed by atoms with Gasteiger partial charge in [0, 0.05) is 33.3 Å². The number of ether oxygens (including phenoxy) is 1. The molecule has 0 atom stereocenters. The highest BCUT2D eigenvalue weighted by molar-refractivity contribution is 7.15. The molecule has 2 aromatic heterocycles. The Morgan fingerprint density at radius 2 is 1.19 bits per heavy atom. The van der Waals surface area contributed by atoms with Gasteiger partial charge in [-0.15, -0.1) is 11.3 Å². The predicted molar refractivity (Wildman–Crippen MR) is 156 cm³/mol. The third-order valence-electron chi connectivity index (χ3n) is 6.75. The monoisotopic (exact) mass is 506 g/mol. The van der Waals surface area contributed by atoms with Crippen LogP contribution in [0.15, 0.2) is 48.8 Å². The van der Waals surface area contributed by atoms with Crippen LogP contribution in [0.25, 0.3) is 21.8 Å². The minimum Gasteiger partial charge on any atom is -0.494 e. The van der Waals surface area contributed by atoms with Crippen molar-refractivity contribution >= 4 is 11.3 Å². The van der Waals surface area contributed by atoms with Gasteiger partial charge in [0.05, 0.1) is 6.61 Å². The standard InChI is InChI=1S/C32H46N2OS/c1-3-5-7-9-10-11-12-13-14-16-24-35-29-20-18-27(19-21-29)32-33-25-28(26-34-32)31-23-22-30(36-31)17-15-8-6-4-2/h18-23,25-26H,3-17,24H2,1-2H3. The molecule has 0 aliphatic heterocycles. The van der Waals surface area contributed by atoms with E-state index in [2.05, 4.69) is 48.1 Å². The molecule has 0 amide bonds. The quantitative estimate of drug-likeness (QED) is 0.152. The number of hydrogen-bond acceptors (Lipinski definition) is 4. The lowest BCUT2D eigenvalue weighted by molar-refractivity contribution is 0.304. The molecule has 3 nitrogen and oxygen atoms in total. The van der Waals surface area contributed by atoms with Gasteiger partial charge in [-0.05, 0) is 55.7 Å². The highest BCUT2D eigenvalue weighted by Gasteiger charge is 2.07. The summed E-state index contributed by atoms with van der Waals surface area (Å²) < 4.78 is 5.95. The molecule has 1 aromatic carbocycles. The van der Waals surface area contributed by atoms with Crippen molar-refractivity contribution in [3.63, 3.8) is 0 Å². The maximum Gasteiger partial charge on any atom is 0.159 e. The van der Waals surface area contributed by atoms with Crippen LogP contribution in [-0.2, 0) is 6.42 Å². The van der Waals surface area contributed by atoms with Gasteiger partial charge in [-0.25, -0.2) is 9.97 Å². The van der Waals surface area contributed by atoms with Gasteiger partial charge >= 0.3 is 0 Å². The van der Waals surface area contributed by atoms with Crippen LogP contribution in [0.2, 0.25) is 0 Å². The molecule has 2 heterocycles. The minimum absolute atomic E-state index is 0.760. The van der Waals surface area contributed by atoms with Crippen molar-refractivity contribution in [2.75, 3.05) is 6.61 Å². The highest BCUT2D eigenvalue weighted by atomic mass is 32.1. The van der Waals surface area contributed by atoms with E-state index in [0.717, 1.165) is 35.7 Å². The lowest BCUT2D eigenvalue weighted by Gasteiger charge is -2.07. The summed E-state index contributed by atoms with van der Waals surface area (Å²) in [5, 5.41) is 0. The van der Waals surface area contributed by atoms with Crippen LogP contribution in [0.5, 0.6) is 5.75 Å². The zero-order valence-electron chi connectivity index (χ0n) is 22.6. The molecule has 0 fully saturated rings. The number of nitrogens with zero attached hydrogens (tertiary/aromatic N) is 2. The lowest BCUT2D eigenvalue weighted by atomic mass is 10.1. The molecule has 0 radical (unpaired) electrons. The average molecular weight is 507 g/mol. The van der Waals surface area contributed by atoms with E-state index >= 15 is 0 Å². The van der Waals surface area contributed by atoms with Gasteiger partial charge in [0.15, 0.2) is 5.82 Å². The minimum atomic E-state index is 0.760. The molecule has 0 bridgehead atoms. The molecule has 0 spiro atoms. The van der Waals surface area contributed by atoms with Gasteiger partial charge in [-0.1, -0.05) is 90.9 Å². The van der Waals surface area contributed by atoms with Crippen LogP contribution in [0.3, 0.4) is 0 Å². The van der Waals surface area contributed by atoms with Crippen molar-refractivity contribution in [1.29, 1.82) is 0 Å². The summed E-state index contributed by atoms with van der Waals surface area (Å²) in [5.74, 6) is 1.69. The van der Waals surface area contributed by atoms with Crippen molar-refractivity contribution in [2.24, 2.45) is 0 Å². The van der Waals surface area contributed by atoms with Crippen LogP contribution in [0.4, 0.5) is 0 Å². The second-order valence-electron chi connectivity index (χ2n) is 9.93. The molecule has 4 heteroatoms. The smallest absolute Gasteiger partial charge is 0.159 e. The van der Waals surface area contributed by atoms with E-state index in [9.17, 15) is 0 Å². The molecule has 0 unspecified atom stereocenters. The van der Waals surface area contributed by atoms with Gasteiger partial charge in [-0.2, -0.15) is 0 Å². The van der Waals surface area contributed by atoms with Crippen LogP contribution in [0.1, 0.15) is 109 Å². The third-order valence-corrected chi connectivity index (χ3v) is 7.95. The van der Waals surface area contributed by atoms with Gasteiger partial charge in [0.1, 0.15) is 5.75 Å². The number of thiophene rings is 1. The predicted octanol–water partition coefficient (Wildman–Crippen LogP) is 10.3. The largest absolute Gasteiger partial charge is 0.494 e. The van der Waals surface area contributed by atoms with Crippen LogP contribution < -0.4 is 4.74 Å². The summed E-state index contributed by atoms with van der Waals surface area (Å²) in [6.07, 6.45) is 23.7. The van der Waals surface area contributed by atoms with E-state index in [1.165, 1.54) is 99.6 Å². The summed E-state index contributed by atoms with van der Waals surface area (Å²) in [6, 6.07) is 12.7. The summed E-state index contributed by atoms with van der Waals surface area (Å²) >= 11 is 1.87. The van der Waals surface area contributed by atoms with Gasteiger partial charge in [0.2, 0.25) is 0 Å². The molecule has 3 rings (SSSR count). The Labute approximate surface area is 223 Å². The van der Waals surface area contributed by atoms with E-state index in [-0.39, 0.29) is 0 Å². The SMILES string of the molecule is CCCCCCCCCCCCOc1ccc(-c2ncc(-c3ccc(CCCCCC)s3)cn2)cc1. The van der Waals surface area contributed by atoms with Crippen LogP contribution in [0, 0.1) is 0 Å². The summed E-state index contributed by atoms with van der Waals surface area (Å²) in [7, 11) is 0. The average Bonchev–Trinajstić information content (AvgIpc) is 3.39. The van der Waals surface area contributed by atoms with Crippen molar-refractivity contribution < 1.29 is 4.74 Å². The number of benzene rings is 1. The second-order valence-corrected chi connectivity index (χ2v) is 11.1. The molecule has 0 saturated carbocycles. The maximum absolute atomic E-state index is 5.95. The van der Waals surface area contributed by atoms with Crippen molar-refractivity contribution in [3.05, 3.63) is 53.7 Å². The zero-order chi connectivity index (χ0) is 25.3. The molecule has 3 aromatic rings. The fourth-order valence-electron chi connectivity index (χ4n) is 4.48. The Balaban J connectivity index is 1.35. The van der Waals surface area contributed by atoms with Gasteiger partial charge < -0.3 is 4.74 Å². The van der Waals surface area contributed by atoms with E-state index in [0.29, 0.717) is 0 Å². The van der Waals surface area contributed by atoms with Crippen molar-refractivity contribution in [3.8, 4) is 27.6 Å². The van der Waals surface area contributed by atoms with E-state index in [1.807, 2.05) is 35.9 Å². The lowest BCUT2D eigenvalue weighted by Crippen LogP contribution is -1.97. The van der Waals surface area contributed by atoms with E-state index in [4.69, 9.17) is 4.74 Å². The second kappa shape index (κ2) is 17.3. The van der Waals surface area contributed by atoms with E-state index in [1.54, 1.807) is 0 Å². The van der Waals surface area contributed by atoms with Gasteiger partial charge in [-0.3, -0.25) is 0 Å². The molecule has 0 aliphatic carbocycles. The Kier molecular flexibility index (Phi) is 13.6. The van der Waals surface area contributed by atoms with E-state index < -0.39 is 0 Å². The molecule has 0 N–H and O–H groups in total. The highest BCUT2D eigenvalue weighted by Crippen LogP contribution is 2.29. The molecule has 0 saturated heterocycles. The molecule has 0 aliphatic rings. The molecule has 36 heavy (non-hydrogen) atoms. The van der Waals surface area contributed by atoms with Gasteiger partial charge in [0.25, 0.3) is 0 Å².